The van der Waals surface area contributed by atoms with Gasteiger partial charge in [-0.25, -0.2) is 0 Å². The van der Waals surface area contributed by atoms with E-state index in [2.05, 4.69) is 18.0 Å². The van der Waals surface area contributed by atoms with Gasteiger partial charge in [-0.05, 0) is 51.6 Å². The first-order valence-electron chi connectivity index (χ1n) is 6.93. The van der Waals surface area contributed by atoms with Crippen molar-refractivity contribution in [2.45, 2.75) is 32.1 Å². The van der Waals surface area contributed by atoms with Crippen LogP contribution >= 0.6 is 0 Å². The van der Waals surface area contributed by atoms with E-state index in [1.807, 2.05) is 7.05 Å². The molecule has 1 saturated heterocycles. The van der Waals surface area contributed by atoms with Gasteiger partial charge in [-0.15, -0.1) is 0 Å². The lowest BCUT2D eigenvalue weighted by atomic mass is 9.69. The summed E-state index contributed by atoms with van der Waals surface area (Å²) in [6, 6.07) is 2.24. The molecule has 0 N–H and O–H groups in total. The number of rotatable bonds is 3. The largest absolute Gasteiger partial charge is 0.344 e. The van der Waals surface area contributed by atoms with E-state index in [1.54, 1.807) is 4.90 Å². The highest BCUT2D eigenvalue weighted by Gasteiger charge is 2.46. The third-order valence-corrected chi connectivity index (χ3v) is 4.43. The summed E-state index contributed by atoms with van der Waals surface area (Å²) in [5.41, 5.74) is -0.685. The minimum absolute atomic E-state index is 0.0458. The van der Waals surface area contributed by atoms with Crippen molar-refractivity contribution < 1.29 is 4.79 Å². The van der Waals surface area contributed by atoms with E-state index in [9.17, 15) is 10.1 Å². The van der Waals surface area contributed by atoms with Crippen molar-refractivity contribution in [2.75, 3.05) is 33.7 Å². The van der Waals surface area contributed by atoms with Gasteiger partial charge in [0.15, 0.2) is 0 Å². The lowest BCUT2D eigenvalue weighted by Gasteiger charge is -2.39. The maximum Gasteiger partial charge on any atom is 0.242 e. The van der Waals surface area contributed by atoms with Crippen LogP contribution in [0.15, 0.2) is 0 Å². The second kappa shape index (κ2) is 5.27. The summed E-state index contributed by atoms with van der Waals surface area (Å²) in [5.74, 6) is 0.609. The summed E-state index contributed by atoms with van der Waals surface area (Å²) >= 11 is 0. The molecule has 2 fully saturated rings. The maximum absolute atomic E-state index is 12.3. The topological polar surface area (TPSA) is 47.3 Å². The van der Waals surface area contributed by atoms with Gasteiger partial charge in [0, 0.05) is 20.1 Å². The molecule has 2 aliphatic rings. The quantitative estimate of drug-likeness (QED) is 0.761. The molecular formula is C14H23N3O. The number of piperidine rings is 1. The van der Waals surface area contributed by atoms with Crippen LogP contribution in [0.1, 0.15) is 32.1 Å². The van der Waals surface area contributed by atoms with Crippen molar-refractivity contribution in [3.8, 4) is 6.07 Å². The molecule has 0 bridgehead atoms. The highest BCUT2D eigenvalue weighted by molar-refractivity contribution is 5.86. The molecule has 0 spiro atoms. The van der Waals surface area contributed by atoms with Gasteiger partial charge in [0.25, 0.3) is 0 Å². The molecule has 1 unspecified atom stereocenters. The fourth-order valence-electron chi connectivity index (χ4n) is 3.16. The normalized spacial score (nSPS) is 27.1. The molecule has 1 aliphatic carbocycles. The summed E-state index contributed by atoms with van der Waals surface area (Å²) in [5, 5.41) is 9.20. The Morgan fingerprint density at radius 2 is 2.22 bits per heavy atom. The van der Waals surface area contributed by atoms with Gasteiger partial charge >= 0.3 is 0 Å². The number of amides is 1. The van der Waals surface area contributed by atoms with Crippen LogP contribution in [0.3, 0.4) is 0 Å². The molecule has 1 heterocycles. The van der Waals surface area contributed by atoms with E-state index in [1.165, 1.54) is 12.8 Å². The van der Waals surface area contributed by atoms with Crippen LogP contribution < -0.4 is 0 Å². The second-order valence-corrected chi connectivity index (χ2v) is 6.00. The molecule has 18 heavy (non-hydrogen) atoms. The Morgan fingerprint density at radius 1 is 1.50 bits per heavy atom. The lowest BCUT2D eigenvalue weighted by Crippen LogP contribution is -2.48. The van der Waals surface area contributed by atoms with Gasteiger partial charge in [0.1, 0.15) is 5.41 Å². The van der Waals surface area contributed by atoms with Gasteiger partial charge in [-0.2, -0.15) is 5.26 Å². The van der Waals surface area contributed by atoms with Gasteiger partial charge in [0.05, 0.1) is 6.07 Å². The summed E-state index contributed by atoms with van der Waals surface area (Å²) < 4.78 is 0. The van der Waals surface area contributed by atoms with Crippen molar-refractivity contribution >= 4 is 5.91 Å². The molecule has 100 valence electrons. The predicted molar refractivity (Wildman–Crippen MR) is 69.8 cm³/mol. The van der Waals surface area contributed by atoms with Crippen molar-refractivity contribution in [2.24, 2.45) is 11.3 Å². The SMILES string of the molecule is CN1CCCC(CN(C)C(=O)C2(C#N)CCC2)C1. The molecule has 0 radical (unpaired) electrons. The Bertz CT molecular complexity index is 357. The number of hydrogen-bond acceptors (Lipinski definition) is 3. The molecule has 2 rings (SSSR count). The molecule has 4 heteroatoms. The average Bonchev–Trinajstić information content (AvgIpc) is 2.28. The summed E-state index contributed by atoms with van der Waals surface area (Å²) in [4.78, 5) is 16.5. The van der Waals surface area contributed by atoms with Gasteiger partial charge in [-0.1, -0.05) is 0 Å². The van der Waals surface area contributed by atoms with E-state index >= 15 is 0 Å². The molecule has 0 aromatic heterocycles. The number of hydrogen-bond donors (Lipinski definition) is 0. The fraction of sp³-hybridized carbons (Fsp3) is 0.857. The first kappa shape index (κ1) is 13.4. The summed E-state index contributed by atoms with van der Waals surface area (Å²) in [6.45, 7) is 3.03. The van der Waals surface area contributed by atoms with E-state index in [0.29, 0.717) is 5.92 Å². The average molecular weight is 249 g/mol. The van der Waals surface area contributed by atoms with Gasteiger partial charge in [0.2, 0.25) is 5.91 Å². The molecule has 1 atom stereocenters. The smallest absolute Gasteiger partial charge is 0.242 e. The minimum atomic E-state index is -0.685. The van der Waals surface area contributed by atoms with Crippen molar-refractivity contribution in [3.05, 3.63) is 0 Å². The monoisotopic (exact) mass is 249 g/mol. The van der Waals surface area contributed by atoms with Crippen LogP contribution in [0.5, 0.6) is 0 Å². The number of carbonyl (C=O) groups excluding carboxylic acids is 1. The number of nitriles is 1. The fourth-order valence-corrected chi connectivity index (χ4v) is 3.16. The number of carbonyl (C=O) groups is 1. The Balaban J connectivity index is 1.89. The molecule has 1 saturated carbocycles. The third-order valence-electron chi connectivity index (χ3n) is 4.43. The lowest BCUT2D eigenvalue weighted by molar-refractivity contribution is -0.142. The molecule has 0 aromatic carbocycles. The molecular weight excluding hydrogens is 226 g/mol. The van der Waals surface area contributed by atoms with Crippen LogP contribution in [0, 0.1) is 22.7 Å². The molecule has 4 nitrogen and oxygen atoms in total. The number of nitrogens with zero attached hydrogens (tertiary/aromatic N) is 3. The molecule has 0 aromatic rings. The first-order chi connectivity index (χ1) is 8.57. The zero-order valence-electron chi connectivity index (χ0n) is 11.5. The van der Waals surface area contributed by atoms with Crippen LogP contribution in [0.25, 0.3) is 0 Å². The van der Waals surface area contributed by atoms with Crippen LogP contribution in [-0.4, -0.2) is 49.4 Å². The molecule has 1 aliphatic heterocycles. The Morgan fingerprint density at radius 3 is 2.72 bits per heavy atom. The minimum Gasteiger partial charge on any atom is -0.344 e. The van der Waals surface area contributed by atoms with Crippen LogP contribution in [0.2, 0.25) is 0 Å². The predicted octanol–water partition coefficient (Wildman–Crippen LogP) is 1.48. The Kier molecular flexibility index (Phi) is 3.91. The zero-order chi connectivity index (χ0) is 13.2. The Hall–Kier alpha value is -1.08. The van der Waals surface area contributed by atoms with E-state index in [4.69, 9.17) is 0 Å². The zero-order valence-corrected chi connectivity index (χ0v) is 11.5. The van der Waals surface area contributed by atoms with Crippen molar-refractivity contribution in [1.29, 1.82) is 5.26 Å². The highest BCUT2D eigenvalue weighted by Crippen LogP contribution is 2.41. The highest BCUT2D eigenvalue weighted by atomic mass is 16.2. The van der Waals surface area contributed by atoms with E-state index in [-0.39, 0.29) is 5.91 Å². The van der Waals surface area contributed by atoms with Crippen molar-refractivity contribution in [3.63, 3.8) is 0 Å². The van der Waals surface area contributed by atoms with Crippen molar-refractivity contribution in [1.82, 2.24) is 9.80 Å². The molecule has 1 amide bonds. The second-order valence-electron chi connectivity index (χ2n) is 6.00. The summed E-state index contributed by atoms with van der Waals surface area (Å²) in [6.07, 6.45) is 4.92. The standard InChI is InChI=1S/C14H23N3O/c1-16-8-3-5-12(9-16)10-17(2)13(18)14(11-15)6-4-7-14/h12H,3-10H2,1-2H3. The third kappa shape index (κ3) is 2.51. The van der Waals surface area contributed by atoms with E-state index in [0.717, 1.165) is 38.9 Å². The van der Waals surface area contributed by atoms with Crippen LogP contribution in [-0.2, 0) is 4.79 Å². The summed E-state index contributed by atoms with van der Waals surface area (Å²) in [7, 11) is 3.99. The Labute approximate surface area is 110 Å². The maximum atomic E-state index is 12.3. The van der Waals surface area contributed by atoms with Gasteiger partial charge < -0.3 is 9.80 Å². The van der Waals surface area contributed by atoms with E-state index < -0.39 is 5.41 Å². The number of likely N-dealkylation sites (tertiary alicyclic amines) is 1. The van der Waals surface area contributed by atoms with Crippen LogP contribution in [0.4, 0.5) is 0 Å². The van der Waals surface area contributed by atoms with Gasteiger partial charge in [-0.3, -0.25) is 4.79 Å². The first-order valence-corrected chi connectivity index (χ1v) is 6.93.